The predicted octanol–water partition coefficient (Wildman–Crippen LogP) is 4.43. The molecule has 1 aromatic carbocycles. The molecule has 0 fully saturated rings. The van der Waals surface area contributed by atoms with Crippen LogP contribution in [0.2, 0.25) is 0 Å². The fourth-order valence-electron chi connectivity index (χ4n) is 2.16. The normalized spacial score (nSPS) is 11.5. The zero-order chi connectivity index (χ0) is 12.1. The van der Waals surface area contributed by atoms with Gasteiger partial charge in [-0.1, -0.05) is 44.9 Å². The minimum atomic E-state index is 0.819. The van der Waals surface area contributed by atoms with E-state index in [1.165, 1.54) is 28.5 Å². The zero-order valence-corrected chi connectivity index (χ0v) is 11.5. The number of fused-ring (bicyclic) bond motifs is 1. The van der Waals surface area contributed by atoms with Crippen LogP contribution in [-0.2, 0) is 6.54 Å². The van der Waals surface area contributed by atoms with E-state index in [0.717, 1.165) is 19.0 Å². The van der Waals surface area contributed by atoms with Crippen molar-refractivity contribution in [1.82, 2.24) is 5.32 Å². The van der Waals surface area contributed by atoms with Crippen molar-refractivity contribution in [2.24, 2.45) is 5.92 Å². The molecule has 0 amide bonds. The summed E-state index contributed by atoms with van der Waals surface area (Å²) in [4.78, 5) is 0. The van der Waals surface area contributed by atoms with Crippen LogP contribution in [0.1, 0.15) is 32.3 Å². The molecule has 17 heavy (non-hydrogen) atoms. The van der Waals surface area contributed by atoms with Crippen LogP contribution in [0.4, 0.5) is 0 Å². The fourth-order valence-corrected chi connectivity index (χ4v) is 3.12. The van der Waals surface area contributed by atoms with E-state index in [-0.39, 0.29) is 0 Å². The van der Waals surface area contributed by atoms with Gasteiger partial charge in [-0.05, 0) is 34.9 Å². The van der Waals surface area contributed by atoms with Gasteiger partial charge >= 0.3 is 0 Å². The molecule has 2 aromatic rings. The monoisotopic (exact) mass is 247 g/mol. The number of benzene rings is 1. The lowest BCUT2D eigenvalue weighted by Gasteiger charge is -2.12. The summed E-state index contributed by atoms with van der Waals surface area (Å²) in [6.45, 7) is 6.68. The fraction of sp³-hybridized carbons (Fsp3) is 0.467. The second kappa shape index (κ2) is 6.18. The number of thiophene rings is 1. The molecule has 1 heterocycles. The first-order chi connectivity index (χ1) is 8.35. The molecule has 1 N–H and O–H groups in total. The van der Waals surface area contributed by atoms with Gasteiger partial charge in [0.25, 0.3) is 0 Å². The molecule has 0 spiro atoms. The van der Waals surface area contributed by atoms with Gasteiger partial charge in [0, 0.05) is 11.2 Å². The average molecular weight is 247 g/mol. The molecule has 0 radical (unpaired) electrons. The van der Waals surface area contributed by atoms with Crippen LogP contribution in [0.25, 0.3) is 10.1 Å². The van der Waals surface area contributed by atoms with E-state index in [9.17, 15) is 0 Å². The summed E-state index contributed by atoms with van der Waals surface area (Å²) in [5, 5.41) is 7.28. The molecule has 0 atom stereocenters. The van der Waals surface area contributed by atoms with Crippen molar-refractivity contribution >= 4 is 21.4 Å². The predicted molar refractivity (Wildman–Crippen MR) is 77.6 cm³/mol. The van der Waals surface area contributed by atoms with Crippen molar-refractivity contribution in [2.45, 2.75) is 33.2 Å². The molecule has 92 valence electrons. The third-order valence-corrected chi connectivity index (χ3v) is 4.48. The Labute approximate surface area is 108 Å². The van der Waals surface area contributed by atoms with E-state index >= 15 is 0 Å². The van der Waals surface area contributed by atoms with Gasteiger partial charge in [0.1, 0.15) is 0 Å². The van der Waals surface area contributed by atoms with Crippen LogP contribution in [0.5, 0.6) is 0 Å². The maximum Gasteiger partial charge on any atom is 0.0346 e. The Morgan fingerprint density at radius 3 is 2.71 bits per heavy atom. The second-order valence-electron chi connectivity index (χ2n) is 4.57. The van der Waals surface area contributed by atoms with Gasteiger partial charge in [0.15, 0.2) is 0 Å². The molecule has 0 saturated carbocycles. The van der Waals surface area contributed by atoms with Crippen molar-refractivity contribution in [3.05, 3.63) is 35.2 Å². The van der Waals surface area contributed by atoms with Crippen LogP contribution in [-0.4, -0.2) is 6.54 Å². The average Bonchev–Trinajstić information content (AvgIpc) is 2.78. The summed E-state index contributed by atoms with van der Waals surface area (Å²) in [7, 11) is 0. The van der Waals surface area contributed by atoms with E-state index in [2.05, 4.69) is 48.8 Å². The molecule has 0 unspecified atom stereocenters. The summed E-state index contributed by atoms with van der Waals surface area (Å²) < 4.78 is 1.40. The zero-order valence-electron chi connectivity index (χ0n) is 10.7. The molecular formula is C15H21NS. The van der Waals surface area contributed by atoms with Crippen molar-refractivity contribution < 1.29 is 0 Å². The number of nitrogens with one attached hydrogen (secondary N) is 1. The molecule has 2 heteroatoms. The summed E-state index contributed by atoms with van der Waals surface area (Å²) in [6, 6.07) is 8.66. The maximum atomic E-state index is 3.59. The third kappa shape index (κ3) is 3.08. The summed E-state index contributed by atoms with van der Waals surface area (Å²) in [5.41, 5.74) is 1.44. The van der Waals surface area contributed by atoms with Crippen molar-refractivity contribution in [3.63, 3.8) is 0 Å². The van der Waals surface area contributed by atoms with Gasteiger partial charge in [-0.25, -0.2) is 0 Å². The van der Waals surface area contributed by atoms with Gasteiger partial charge in [-0.2, -0.15) is 0 Å². The quantitative estimate of drug-likeness (QED) is 0.796. The lowest BCUT2D eigenvalue weighted by atomic mass is 10.0. The Hall–Kier alpha value is -0.860. The lowest BCUT2D eigenvalue weighted by Crippen LogP contribution is -2.21. The Balaban J connectivity index is 1.95. The second-order valence-corrected chi connectivity index (χ2v) is 5.48. The van der Waals surface area contributed by atoms with Crippen molar-refractivity contribution in [3.8, 4) is 0 Å². The van der Waals surface area contributed by atoms with Gasteiger partial charge in [0.05, 0.1) is 0 Å². The van der Waals surface area contributed by atoms with E-state index in [0.29, 0.717) is 0 Å². The number of hydrogen-bond acceptors (Lipinski definition) is 2. The van der Waals surface area contributed by atoms with Gasteiger partial charge in [-0.3, -0.25) is 0 Å². The minimum Gasteiger partial charge on any atom is -0.312 e. The van der Waals surface area contributed by atoms with Crippen molar-refractivity contribution in [2.75, 3.05) is 6.54 Å². The van der Waals surface area contributed by atoms with Gasteiger partial charge in [0.2, 0.25) is 0 Å². The van der Waals surface area contributed by atoms with Crippen LogP contribution in [0.15, 0.2) is 29.6 Å². The van der Waals surface area contributed by atoms with Crippen molar-refractivity contribution in [1.29, 1.82) is 0 Å². The summed E-state index contributed by atoms with van der Waals surface area (Å²) in [5.74, 6) is 0.819. The van der Waals surface area contributed by atoms with Crippen LogP contribution in [0.3, 0.4) is 0 Å². The molecular weight excluding hydrogens is 226 g/mol. The molecule has 0 aliphatic heterocycles. The first-order valence-electron chi connectivity index (χ1n) is 6.51. The minimum absolute atomic E-state index is 0.819. The highest BCUT2D eigenvalue weighted by Crippen LogP contribution is 2.25. The first-order valence-corrected chi connectivity index (χ1v) is 7.39. The summed E-state index contributed by atoms with van der Waals surface area (Å²) in [6.07, 6.45) is 2.54. The Kier molecular flexibility index (Phi) is 4.57. The Bertz CT molecular complexity index is 457. The van der Waals surface area contributed by atoms with Gasteiger partial charge < -0.3 is 5.32 Å². The molecule has 1 nitrogen and oxygen atoms in total. The smallest absolute Gasteiger partial charge is 0.0346 e. The molecule has 0 aliphatic rings. The van der Waals surface area contributed by atoms with E-state index in [4.69, 9.17) is 0 Å². The van der Waals surface area contributed by atoms with E-state index in [1.807, 2.05) is 11.3 Å². The largest absolute Gasteiger partial charge is 0.312 e. The molecule has 2 rings (SSSR count). The molecule has 0 bridgehead atoms. The molecule has 0 aliphatic carbocycles. The topological polar surface area (TPSA) is 12.0 Å². The Morgan fingerprint density at radius 2 is 1.94 bits per heavy atom. The highest BCUT2D eigenvalue weighted by atomic mass is 32.1. The van der Waals surface area contributed by atoms with E-state index < -0.39 is 0 Å². The van der Waals surface area contributed by atoms with E-state index in [1.54, 1.807) is 0 Å². The summed E-state index contributed by atoms with van der Waals surface area (Å²) >= 11 is 1.84. The number of hydrogen-bond donors (Lipinski definition) is 1. The van der Waals surface area contributed by atoms with Gasteiger partial charge in [-0.15, -0.1) is 11.3 Å². The molecule has 1 aromatic heterocycles. The standard InChI is InChI=1S/C15H21NS/c1-3-12(4-2)9-16-10-13-11-17-15-8-6-5-7-14(13)15/h5-8,11-12,16H,3-4,9-10H2,1-2H3. The number of rotatable bonds is 6. The lowest BCUT2D eigenvalue weighted by molar-refractivity contribution is 0.450. The van der Waals surface area contributed by atoms with Crippen LogP contribution in [0, 0.1) is 5.92 Å². The molecule has 0 saturated heterocycles. The highest BCUT2D eigenvalue weighted by molar-refractivity contribution is 7.17. The third-order valence-electron chi connectivity index (χ3n) is 3.46. The maximum absolute atomic E-state index is 3.59. The van der Waals surface area contributed by atoms with Crippen LogP contribution >= 0.6 is 11.3 Å². The first kappa shape index (κ1) is 12.6. The highest BCUT2D eigenvalue weighted by Gasteiger charge is 2.05. The SMILES string of the molecule is CCC(CC)CNCc1csc2ccccc12. The Morgan fingerprint density at radius 1 is 1.18 bits per heavy atom. The van der Waals surface area contributed by atoms with Crippen LogP contribution < -0.4 is 5.32 Å².